The first-order valence-corrected chi connectivity index (χ1v) is 10.5. The Bertz CT molecular complexity index is 1280. The van der Waals surface area contributed by atoms with Gasteiger partial charge in [-0.1, -0.05) is 5.16 Å². The molecule has 12 heteroatoms. The summed E-state index contributed by atoms with van der Waals surface area (Å²) in [5, 5.41) is 19.1. The number of nitrogens with one attached hydrogen (secondary N) is 3. The number of hydrazone groups is 1. The fourth-order valence-corrected chi connectivity index (χ4v) is 3.42. The first-order valence-electron chi connectivity index (χ1n) is 9.06. The van der Waals surface area contributed by atoms with Crippen LogP contribution in [-0.4, -0.2) is 32.3 Å². The van der Waals surface area contributed by atoms with Crippen molar-refractivity contribution < 1.29 is 22.5 Å². The van der Waals surface area contributed by atoms with E-state index in [0.717, 1.165) is 0 Å². The second kappa shape index (κ2) is 9.63. The van der Waals surface area contributed by atoms with E-state index in [-0.39, 0.29) is 16.4 Å². The molecule has 1 heterocycles. The summed E-state index contributed by atoms with van der Waals surface area (Å²) in [7, 11) is -2.35. The smallest absolute Gasteiger partial charge is 0.287 e. The van der Waals surface area contributed by atoms with Crippen molar-refractivity contribution in [2.75, 3.05) is 22.6 Å². The first-order chi connectivity index (χ1) is 15.3. The number of nitriles is 1. The number of ether oxygens (including phenoxy) is 1. The van der Waals surface area contributed by atoms with Gasteiger partial charge in [-0.15, -0.1) is 0 Å². The predicted molar refractivity (Wildman–Crippen MR) is 117 cm³/mol. The number of amides is 1. The molecule has 0 atom stereocenters. The molecule has 0 saturated heterocycles. The number of carbonyl (C=O) groups excluding carboxylic acids is 1. The normalized spacial score (nSPS) is 11.3. The number of nitrogens with zero attached hydrogens (tertiary/aromatic N) is 3. The zero-order valence-corrected chi connectivity index (χ0v) is 17.8. The zero-order valence-electron chi connectivity index (χ0n) is 17.0. The van der Waals surface area contributed by atoms with Crippen molar-refractivity contribution in [2.45, 2.75) is 11.8 Å². The highest BCUT2D eigenvalue weighted by Crippen LogP contribution is 2.18. The predicted octanol–water partition coefficient (Wildman–Crippen LogP) is 2.72. The molecule has 1 amide bonds. The van der Waals surface area contributed by atoms with Gasteiger partial charge in [0.25, 0.3) is 15.9 Å². The van der Waals surface area contributed by atoms with Gasteiger partial charge in [0.2, 0.25) is 5.71 Å². The van der Waals surface area contributed by atoms with Crippen molar-refractivity contribution in [1.82, 2.24) is 5.16 Å². The Kier molecular flexibility index (Phi) is 6.71. The number of aromatic nitrogens is 1. The van der Waals surface area contributed by atoms with Gasteiger partial charge in [0, 0.05) is 11.8 Å². The molecule has 11 nitrogen and oxygen atoms in total. The third-order valence-electron chi connectivity index (χ3n) is 4.00. The second-order valence-electron chi connectivity index (χ2n) is 6.32. The fourth-order valence-electron chi connectivity index (χ4n) is 2.43. The maximum Gasteiger partial charge on any atom is 0.287 e. The molecule has 3 N–H and O–H groups in total. The lowest BCUT2D eigenvalue weighted by atomic mass is 10.3. The number of rotatable bonds is 8. The molecule has 0 spiro atoms. The topological polar surface area (TPSA) is 159 Å². The Labute approximate surface area is 183 Å². The van der Waals surface area contributed by atoms with Crippen molar-refractivity contribution in [3.8, 4) is 11.8 Å². The average Bonchev–Trinajstić information content (AvgIpc) is 3.18. The first kappa shape index (κ1) is 22.3. The van der Waals surface area contributed by atoms with Crippen molar-refractivity contribution in [3.63, 3.8) is 0 Å². The molecule has 0 unspecified atom stereocenters. The lowest BCUT2D eigenvalue weighted by Crippen LogP contribution is -2.22. The number of carbonyl (C=O) groups is 1. The Morgan fingerprint density at radius 3 is 2.34 bits per heavy atom. The van der Waals surface area contributed by atoms with Crippen LogP contribution in [0, 0.1) is 18.3 Å². The number of aryl methyl sites for hydroxylation is 1. The van der Waals surface area contributed by atoms with Gasteiger partial charge >= 0.3 is 0 Å². The number of anilines is 3. The summed E-state index contributed by atoms with van der Waals surface area (Å²) in [5.74, 6) is 0.395. The Hall–Kier alpha value is -4.37. The molecule has 3 rings (SSSR count). The van der Waals surface area contributed by atoms with Crippen LogP contribution in [0.4, 0.5) is 17.2 Å². The maximum absolute atomic E-state index is 12.4. The number of sulfonamides is 1. The molecule has 0 radical (unpaired) electrons. The van der Waals surface area contributed by atoms with E-state index < -0.39 is 21.6 Å². The molecule has 0 aliphatic carbocycles. The summed E-state index contributed by atoms with van der Waals surface area (Å²) >= 11 is 0. The Morgan fingerprint density at radius 2 is 1.78 bits per heavy atom. The van der Waals surface area contributed by atoms with E-state index in [1.165, 1.54) is 37.4 Å². The van der Waals surface area contributed by atoms with Gasteiger partial charge in [0.05, 0.1) is 17.7 Å². The van der Waals surface area contributed by atoms with Crippen LogP contribution in [0.1, 0.15) is 5.76 Å². The molecular weight excluding hydrogens is 436 g/mol. The van der Waals surface area contributed by atoms with E-state index in [0.29, 0.717) is 17.2 Å². The molecule has 0 aliphatic rings. The van der Waals surface area contributed by atoms with Crippen LogP contribution in [0.15, 0.2) is 69.1 Å². The van der Waals surface area contributed by atoms with Crippen molar-refractivity contribution >= 4 is 38.8 Å². The monoisotopic (exact) mass is 454 g/mol. The Balaban J connectivity index is 1.65. The number of hydrogen-bond donors (Lipinski definition) is 3. The molecular formula is C20H18N6O5S. The summed E-state index contributed by atoms with van der Waals surface area (Å²) in [6, 6.07) is 15.2. The van der Waals surface area contributed by atoms with Crippen LogP contribution in [0.5, 0.6) is 5.75 Å². The van der Waals surface area contributed by atoms with Crippen LogP contribution in [0.3, 0.4) is 0 Å². The van der Waals surface area contributed by atoms with Crippen LogP contribution in [-0.2, 0) is 14.8 Å². The largest absolute Gasteiger partial charge is 0.497 e. The molecule has 32 heavy (non-hydrogen) atoms. The molecule has 0 bridgehead atoms. The molecule has 1 aromatic heterocycles. The standard InChI is InChI=1S/C20H18N6O5S/c1-13-11-19(25-31-13)26-32(28,29)17-9-5-14(6-10-17)22-20(27)18(12-21)24-23-15-3-7-16(30-2)8-4-15/h3-11,23H,1-2H3,(H,22,27)(H,25,26)/b24-18+. The summed E-state index contributed by atoms with van der Waals surface area (Å²) < 4.78 is 37.0. The van der Waals surface area contributed by atoms with E-state index in [2.05, 4.69) is 25.7 Å². The van der Waals surface area contributed by atoms with Gasteiger partial charge in [-0.05, 0) is 55.5 Å². The van der Waals surface area contributed by atoms with Gasteiger partial charge in [-0.25, -0.2) is 8.42 Å². The third-order valence-corrected chi connectivity index (χ3v) is 5.37. The maximum atomic E-state index is 12.4. The highest BCUT2D eigenvalue weighted by Gasteiger charge is 2.17. The highest BCUT2D eigenvalue weighted by atomic mass is 32.2. The van der Waals surface area contributed by atoms with E-state index in [1.54, 1.807) is 37.3 Å². The van der Waals surface area contributed by atoms with Crippen LogP contribution >= 0.6 is 0 Å². The molecule has 0 saturated carbocycles. The van der Waals surface area contributed by atoms with Gasteiger partial charge in [-0.3, -0.25) is 14.9 Å². The van der Waals surface area contributed by atoms with Gasteiger partial charge in [0.15, 0.2) is 5.82 Å². The van der Waals surface area contributed by atoms with E-state index in [4.69, 9.17) is 9.26 Å². The Morgan fingerprint density at radius 1 is 1.12 bits per heavy atom. The van der Waals surface area contributed by atoms with Gasteiger partial charge in [0.1, 0.15) is 17.6 Å². The van der Waals surface area contributed by atoms with Gasteiger partial charge in [-0.2, -0.15) is 10.4 Å². The van der Waals surface area contributed by atoms with Gasteiger partial charge < -0.3 is 14.6 Å². The van der Waals surface area contributed by atoms with Crippen LogP contribution in [0.2, 0.25) is 0 Å². The summed E-state index contributed by atoms with van der Waals surface area (Å²) in [6.07, 6.45) is 0. The lowest BCUT2D eigenvalue weighted by molar-refractivity contribution is -0.110. The van der Waals surface area contributed by atoms with E-state index in [1.807, 2.05) is 0 Å². The summed E-state index contributed by atoms with van der Waals surface area (Å²) in [5.41, 5.74) is 3.03. The minimum absolute atomic E-state index is 0.0495. The summed E-state index contributed by atoms with van der Waals surface area (Å²) in [6.45, 7) is 1.63. The number of methoxy groups -OCH3 is 1. The highest BCUT2D eigenvalue weighted by molar-refractivity contribution is 7.92. The fraction of sp³-hybridized carbons (Fsp3) is 0.100. The molecule has 164 valence electrons. The number of benzene rings is 2. The number of hydrogen-bond acceptors (Lipinski definition) is 9. The van der Waals surface area contributed by atoms with E-state index >= 15 is 0 Å². The quantitative estimate of drug-likeness (QED) is 0.346. The lowest BCUT2D eigenvalue weighted by Gasteiger charge is -2.07. The van der Waals surface area contributed by atoms with Crippen molar-refractivity contribution in [3.05, 3.63) is 60.4 Å². The third kappa shape index (κ3) is 5.61. The van der Waals surface area contributed by atoms with E-state index in [9.17, 15) is 18.5 Å². The zero-order chi connectivity index (χ0) is 23.1. The van der Waals surface area contributed by atoms with Crippen molar-refractivity contribution in [1.29, 1.82) is 5.26 Å². The molecule has 0 aliphatic heterocycles. The summed E-state index contributed by atoms with van der Waals surface area (Å²) in [4.78, 5) is 12.3. The van der Waals surface area contributed by atoms with Crippen LogP contribution < -0.4 is 20.2 Å². The minimum atomic E-state index is -3.89. The van der Waals surface area contributed by atoms with Crippen LogP contribution in [0.25, 0.3) is 0 Å². The minimum Gasteiger partial charge on any atom is -0.497 e. The average molecular weight is 454 g/mol. The molecule has 3 aromatic rings. The molecule has 2 aromatic carbocycles. The van der Waals surface area contributed by atoms with Crippen molar-refractivity contribution in [2.24, 2.45) is 5.10 Å². The SMILES string of the molecule is COc1ccc(N/N=C(\C#N)C(=O)Nc2ccc(S(=O)(=O)Nc3cc(C)on3)cc2)cc1. The molecule has 0 fully saturated rings. The second-order valence-corrected chi connectivity index (χ2v) is 8.00.